The average Bonchev–Trinajstić information content (AvgIpc) is 2.92. The van der Waals surface area contributed by atoms with Gasteiger partial charge in [0.15, 0.2) is 6.61 Å². The van der Waals surface area contributed by atoms with Crippen LogP contribution >= 0.6 is 0 Å². The van der Waals surface area contributed by atoms with Gasteiger partial charge in [0.25, 0.3) is 5.91 Å². The maximum absolute atomic E-state index is 13.2. The fraction of sp³-hybridized carbons (Fsp3) is 0.276. The SMILES string of the molecule is CS(=O)(=O)N(Cc1ccc(F)cc1)c1ccc(OCC(=O)N2CCN(C/C=C/c3ccccc3)CC2)cc1. The van der Waals surface area contributed by atoms with Gasteiger partial charge in [-0.25, -0.2) is 12.8 Å². The zero-order valence-electron chi connectivity index (χ0n) is 21.4. The highest BCUT2D eigenvalue weighted by Crippen LogP contribution is 2.24. The van der Waals surface area contributed by atoms with E-state index in [-0.39, 0.29) is 24.9 Å². The second-order valence-corrected chi connectivity index (χ2v) is 11.1. The average molecular weight is 538 g/mol. The zero-order valence-corrected chi connectivity index (χ0v) is 22.2. The van der Waals surface area contributed by atoms with Crippen LogP contribution in [0.15, 0.2) is 84.9 Å². The summed E-state index contributed by atoms with van der Waals surface area (Å²) in [5, 5.41) is 0. The number of anilines is 1. The number of rotatable bonds is 10. The van der Waals surface area contributed by atoms with Crippen molar-refractivity contribution in [2.45, 2.75) is 6.54 Å². The van der Waals surface area contributed by atoms with Crippen LogP contribution < -0.4 is 9.04 Å². The van der Waals surface area contributed by atoms with Crippen molar-refractivity contribution >= 4 is 27.7 Å². The molecule has 0 unspecified atom stereocenters. The number of ether oxygens (including phenoxy) is 1. The van der Waals surface area contributed by atoms with Gasteiger partial charge in [-0.2, -0.15) is 0 Å². The van der Waals surface area contributed by atoms with Crippen LogP contribution in [0.5, 0.6) is 5.75 Å². The first-order valence-electron chi connectivity index (χ1n) is 12.4. The Bertz CT molecular complexity index is 1320. The second kappa shape index (κ2) is 12.7. The summed E-state index contributed by atoms with van der Waals surface area (Å²) >= 11 is 0. The van der Waals surface area contributed by atoms with E-state index < -0.39 is 10.0 Å². The first-order chi connectivity index (χ1) is 18.3. The number of halogens is 1. The van der Waals surface area contributed by atoms with Crippen molar-refractivity contribution in [3.05, 3.63) is 102 Å². The Morgan fingerprint density at radius 1 is 0.947 bits per heavy atom. The molecule has 0 aromatic heterocycles. The number of nitrogens with zero attached hydrogens (tertiary/aromatic N) is 3. The van der Waals surface area contributed by atoms with Gasteiger partial charge < -0.3 is 9.64 Å². The van der Waals surface area contributed by atoms with Crippen molar-refractivity contribution in [1.29, 1.82) is 0 Å². The van der Waals surface area contributed by atoms with E-state index in [0.29, 0.717) is 30.1 Å². The third-order valence-electron chi connectivity index (χ3n) is 6.33. The van der Waals surface area contributed by atoms with Gasteiger partial charge in [-0.15, -0.1) is 0 Å². The van der Waals surface area contributed by atoms with E-state index in [1.165, 1.54) is 22.0 Å². The second-order valence-electron chi connectivity index (χ2n) is 9.17. The first-order valence-corrected chi connectivity index (χ1v) is 14.3. The number of hydrogen-bond donors (Lipinski definition) is 0. The van der Waals surface area contributed by atoms with Crippen molar-refractivity contribution in [1.82, 2.24) is 9.80 Å². The summed E-state index contributed by atoms with van der Waals surface area (Å²) in [5.74, 6) is 0.0122. The summed E-state index contributed by atoms with van der Waals surface area (Å²) in [6.45, 7) is 3.72. The lowest BCUT2D eigenvalue weighted by atomic mass is 10.2. The lowest BCUT2D eigenvalue weighted by Gasteiger charge is -2.34. The number of benzene rings is 3. The van der Waals surface area contributed by atoms with Crippen LogP contribution in [-0.4, -0.2) is 69.7 Å². The molecule has 0 N–H and O–H groups in total. The quantitative estimate of drug-likeness (QED) is 0.391. The zero-order chi connectivity index (χ0) is 27.0. The van der Waals surface area contributed by atoms with Gasteiger partial charge in [0, 0.05) is 32.7 Å². The molecule has 1 aliphatic rings. The van der Waals surface area contributed by atoms with Crippen molar-refractivity contribution < 1.29 is 22.3 Å². The van der Waals surface area contributed by atoms with Crippen LogP contribution in [-0.2, 0) is 21.4 Å². The fourth-order valence-corrected chi connectivity index (χ4v) is 5.07. The predicted octanol–water partition coefficient (Wildman–Crippen LogP) is 4.03. The molecule has 0 bridgehead atoms. The molecule has 1 aliphatic heterocycles. The molecule has 1 heterocycles. The molecule has 200 valence electrons. The molecule has 1 fully saturated rings. The largest absolute Gasteiger partial charge is 0.484 e. The summed E-state index contributed by atoms with van der Waals surface area (Å²) in [6, 6.07) is 22.4. The minimum absolute atomic E-state index is 0.0752. The number of carbonyl (C=O) groups excluding carboxylic acids is 1. The Labute approximate surface area is 223 Å². The summed E-state index contributed by atoms with van der Waals surface area (Å²) < 4.78 is 44.9. The van der Waals surface area contributed by atoms with Crippen LogP contribution in [0.25, 0.3) is 6.08 Å². The van der Waals surface area contributed by atoms with Gasteiger partial charge in [0.05, 0.1) is 18.5 Å². The van der Waals surface area contributed by atoms with Gasteiger partial charge in [-0.05, 0) is 47.5 Å². The van der Waals surface area contributed by atoms with E-state index in [2.05, 4.69) is 29.2 Å². The monoisotopic (exact) mass is 537 g/mol. The molecule has 0 radical (unpaired) electrons. The van der Waals surface area contributed by atoms with Crippen LogP contribution in [0.1, 0.15) is 11.1 Å². The summed E-state index contributed by atoms with van der Waals surface area (Å²) in [5.41, 5.74) is 2.28. The first kappa shape index (κ1) is 27.3. The minimum Gasteiger partial charge on any atom is -0.484 e. The molecule has 0 spiro atoms. The third-order valence-corrected chi connectivity index (χ3v) is 7.47. The van der Waals surface area contributed by atoms with Crippen LogP contribution in [0.4, 0.5) is 10.1 Å². The van der Waals surface area contributed by atoms with Crippen molar-refractivity contribution in [3.63, 3.8) is 0 Å². The highest BCUT2D eigenvalue weighted by molar-refractivity contribution is 7.92. The van der Waals surface area contributed by atoms with Crippen LogP contribution in [0.2, 0.25) is 0 Å². The number of carbonyl (C=O) groups is 1. The number of piperazine rings is 1. The Morgan fingerprint density at radius 2 is 1.61 bits per heavy atom. The van der Waals surface area contributed by atoms with E-state index in [4.69, 9.17) is 4.74 Å². The fourth-order valence-electron chi connectivity index (χ4n) is 4.18. The predicted molar refractivity (Wildman–Crippen MR) is 148 cm³/mol. The standard InChI is InChI=1S/C29H32FN3O4S/c1-38(35,36)33(22-25-9-11-26(30)12-10-25)27-13-15-28(16-14-27)37-23-29(34)32-20-18-31(19-21-32)17-5-8-24-6-3-2-4-7-24/h2-16H,17-23H2,1H3/b8-5+. The van der Waals surface area contributed by atoms with E-state index in [1.807, 2.05) is 18.2 Å². The highest BCUT2D eigenvalue weighted by Gasteiger charge is 2.21. The molecule has 0 aliphatic carbocycles. The summed E-state index contributed by atoms with van der Waals surface area (Å²) in [7, 11) is -3.57. The van der Waals surface area contributed by atoms with Gasteiger partial charge in [-0.1, -0.05) is 54.6 Å². The maximum atomic E-state index is 13.2. The molecule has 0 saturated carbocycles. The number of sulfonamides is 1. The molecule has 0 atom stereocenters. The van der Waals surface area contributed by atoms with Crippen molar-refractivity contribution in [2.75, 3.05) is 49.9 Å². The van der Waals surface area contributed by atoms with Crippen LogP contribution in [0, 0.1) is 5.82 Å². The molecule has 3 aromatic carbocycles. The Kier molecular flexibility index (Phi) is 9.15. The normalized spacial score (nSPS) is 14.5. The smallest absolute Gasteiger partial charge is 0.260 e. The molecule has 38 heavy (non-hydrogen) atoms. The molecule has 1 saturated heterocycles. The minimum atomic E-state index is -3.57. The van der Waals surface area contributed by atoms with Gasteiger partial charge in [-0.3, -0.25) is 14.0 Å². The molecule has 7 nitrogen and oxygen atoms in total. The molecular weight excluding hydrogens is 505 g/mol. The van der Waals surface area contributed by atoms with Crippen LogP contribution in [0.3, 0.4) is 0 Å². The van der Waals surface area contributed by atoms with E-state index in [0.717, 1.165) is 25.9 Å². The molecule has 4 rings (SSSR count). The lowest BCUT2D eigenvalue weighted by molar-refractivity contribution is -0.135. The summed E-state index contributed by atoms with van der Waals surface area (Å²) in [6.07, 6.45) is 5.37. The number of amides is 1. The third kappa shape index (κ3) is 7.90. The van der Waals surface area contributed by atoms with Gasteiger partial charge in [0.2, 0.25) is 10.0 Å². The molecule has 1 amide bonds. The topological polar surface area (TPSA) is 70.2 Å². The highest BCUT2D eigenvalue weighted by atomic mass is 32.2. The summed E-state index contributed by atoms with van der Waals surface area (Å²) in [4.78, 5) is 16.8. The van der Waals surface area contributed by atoms with E-state index in [1.54, 1.807) is 41.3 Å². The Morgan fingerprint density at radius 3 is 2.24 bits per heavy atom. The van der Waals surface area contributed by atoms with Crippen molar-refractivity contribution in [3.8, 4) is 5.75 Å². The van der Waals surface area contributed by atoms with Crippen molar-refractivity contribution in [2.24, 2.45) is 0 Å². The maximum Gasteiger partial charge on any atom is 0.260 e. The Balaban J connectivity index is 1.25. The Hall–Kier alpha value is -3.69. The van der Waals surface area contributed by atoms with E-state index in [9.17, 15) is 17.6 Å². The van der Waals surface area contributed by atoms with Gasteiger partial charge in [0.1, 0.15) is 11.6 Å². The number of hydrogen-bond acceptors (Lipinski definition) is 5. The lowest BCUT2D eigenvalue weighted by Crippen LogP contribution is -2.49. The van der Waals surface area contributed by atoms with Gasteiger partial charge >= 0.3 is 0 Å². The van der Waals surface area contributed by atoms with E-state index >= 15 is 0 Å². The molecular formula is C29H32FN3O4S. The molecule has 3 aromatic rings. The molecule has 9 heteroatoms.